The zero-order chi connectivity index (χ0) is 28.9. The minimum atomic E-state index is -1.40. The number of hydrogen-bond donors (Lipinski definition) is 7. The smallest absolute Gasteiger partial charge is 0.306 e. The third kappa shape index (κ3) is 8.41. The van der Waals surface area contributed by atoms with Crippen LogP contribution in [0.2, 0.25) is 0 Å². The fraction of sp³-hybridized carbons (Fsp3) is 0.903. The van der Waals surface area contributed by atoms with Crippen molar-refractivity contribution in [2.24, 2.45) is 17.8 Å². The van der Waals surface area contributed by atoms with E-state index in [1.165, 1.54) is 0 Å². The summed E-state index contributed by atoms with van der Waals surface area (Å²) in [5.41, 5.74) is -1.62. The van der Waals surface area contributed by atoms with Crippen LogP contribution in [-0.4, -0.2) is 104 Å². The topological polar surface area (TPSA) is 146 Å². The Morgan fingerprint density at radius 1 is 1.18 bits per heavy atom. The number of β-amino-alcohol motifs (C(OH)–C–C–N with tert-alkyl or cyclic N) is 1. The lowest BCUT2D eigenvalue weighted by Gasteiger charge is -2.48. The van der Waals surface area contributed by atoms with Gasteiger partial charge in [0.2, 0.25) is 0 Å². The summed E-state index contributed by atoms with van der Waals surface area (Å²) in [6.07, 6.45) is 6.87. The van der Waals surface area contributed by atoms with Crippen LogP contribution in [0.25, 0.3) is 0 Å². The lowest BCUT2D eigenvalue weighted by molar-refractivity contribution is -0.143. The highest BCUT2D eigenvalue weighted by Crippen LogP contribution is 2.36. The van der Waals surface area contributed by atoms with Crippen LogP contribution in [0.3, 0.4) is 0 Å². The predicted molar refractivity (Wildman–Crippen MR) is 153 cm³/mol. The van der Waals surface area contributed by atoms with E-state index in [0.29, 0.717) is 31.7 Å². The lowest BCUT2D eigenvalue weighted by atomic mass is 9.77. The molecule has 4 aliphatic rings. The van der Waals surface area contributed by atoms with Gasteiger partial charge in [0.15, 0.2) is 0 Å². The van der Waals surface area contributed by atoms with Gasteiger partial charge in [0.1, 0.15) is 0 Å². The molecule has 0 saturated carbocycles. The summed E-state index contributed by atoms with van der Waals surface area (Å²) in [5, 5.41) is 59.9. The van der Waals surface area contributed by atoms with E-state index in [9.17, 15) is 30.3 Å². The van der Waals surface area contributed by atoms with Gasteiger partial charge in [0.25, 0.3) is 0 Å². The largest absolute Gasteiger partial charge is 0.481 e. The first-order chi connectivity index (χ1) is 19.0. The molecule has 0 unspecified atom stereocenters. The van der Waals surface area contributed by atoms with Crippen molar-refractivity contribution in [1.82, 2.24) is 15.5 Å². The summed E-state index contributed by atoms with van der Waals surface area (Å²) < 4.78 is 0. The average molecular weight is 564 g/mol. The highest BCUT2D eigenvalue weighted by Gasteiger charge is 2.40. The monoisotopic (exact) mass is 563 g/mol. The molecule has 3 fully saturated rings. The van der Waals surface area contributed by atoms with Crippen LogP contribution >= 0.6 is 0 Å². The van der Waals surface area contributed by atoms with E-state index in [2.05, 4.69) is 41.2 Å². The Balaban J connectivity index is 1.47. The van der Waals surface area contributed by atoms with Crippen molar-refractivity contribution in [3.8, 4) is 11.8 Å². The summed E-state index contributed by atoms with van der Waals surface area (Å²) in [7, 11) is 0. The molecule has 9 heteroatoms. The van der Waals surface area contributed by atoms with E-state index in [0.717, 1.165) is 51.6 Å². The molecule has 0 spiro atoms. The van der Waals surface area contributed by atoms with Gasteiger partial charge in [-0.3, -0.25) is 9.69 Å². The van der Waals surface area contributed by atoms with Crippen LogP contribution in [0.5, 0.6) is 0 Å². The SMILES string of the molecule is C[C@H]1[C@H](O)CC[C@H]2C[C@@H]([C@H](O)C[C@H]3C#CC[C@@H]4C[C@](C)(CCN4)NC[C@](O)(CC(=O)O)CC[C@H](CO)C3)CCN21. The van der Waals surface area contributed by atoms with Gasteiger partial charge < -0.3 is 36.2 Å². The van der Waals surface area contributed by atoms with Crippen molar-refractivity contribution in [2.45, 2.75) is 132 Å². The third-order valence-corrected chi connectivity index (χ3v) is 10.4. The number of carboxylic acids is 1. The summed E-state index contributed by atoms with van der Waals surface area (Å²) in [6, 6.07) is 0.763. The van der Waals surface area contributed by atoms with Gasteiger partial charge in [0.05, 0.1) is 24.2 Å². The summed E-state index contributed by atoms with van der Waals surface area (Å²) in [6.45, 7) is 6.10. The molecule has 0 aliphatic carbocycles. The van der Waals surface area contributed by atoms with Gasteiger partial charge in [-0.1, -0.05) is 5.92 Å². The maximum Gasteiger partial charge on any atom is 0.306 e. The molecule has 3 saturated heterocycles. The number of carbonyl (C=O) groups is 1. The Kier molecular flexibility index (Phi) is 10.9. The number of carboxylic acid groups (broad SMARTS) is 1. The van der Waals surface area contributed by atoms with Gasteiger partial charge in [0, 0.05) is 49.2 Å². The van der Waals surface area contributed by atoms with Crippen LogP contribution in [0.15, 0.2) is 0 Å². The first-order valence-corrected chi connectivity index (χ1v) is 15.6. The number of nitrogens with one attached hydrogen (secondary N) is 2. The van der Waals surface area contributed by atoms with E-state index in [-0.39, 0.29) is 67.5 Å². The van der Waals surface area contributed by atoms with Crippen molar-refractivity contribution in [2.75, 3.05) is 26.2 Å². The minimum Gasteiger partial charge on any atom is -0.481 e. The van der Waals surface area contributed by atoms with Crippen molar-refractivity contribution in [3.05, 3.63) is 0 Å². The van der Waals surface area contributed by atoms with E-state index in [1.54, 1.807) is 0 Å². The molecule has 4 rings (SSSR count). The van der Waals surface area contributed by atoms with Crippen molar-refractivity contribution < 1.29 is 30.3 Å². The van der Waals surface area contributed by atoms with E-state index in [4.69, 9.17) is 0 Å². The molecule has 4 heterocycles. The highest BCUT2D eigenvalue weighted by molar-refractivity contribution is 5.68. The molecule has 0 amide bonds. The maximum atomic E-state index is 11.6. The lowest BCUT2D eigenvalue weighted by Crippen LogP contribution is -2.57. The van der Waals surface area contributed by atoms with Gasteiger partial charge in [-0.2, -0.15) is 0 Å². The van der Waals surface area contributed by atoms with E-state index in [1.807, 2.05) is 0 Å². The van der Waals surface area contributed by atoms with Crippen molar-refractivity contribution in [3.63, 3.8) is 0 Å². The normalized spacial score (nSPS) is 42.5. The Bertz CT molecular complexity index is 909. The zero-order valence-corrected chi connectivity index (χ0v) is 24.5. The Morgan fingerprint density at radius 2 is 1.98 bits per heavy atom. The second kappa shape index (κ2) is 13.8. The Morgan fingerprint density at radius 3 is 2.73 bits per heavy atom. The first-order valence-electron chi connectivity index (χ1n) is 15.6. The Hall–Kier alpha value is -1.25. The number of aliphatic hydroxyl groups excluding tert-OH is 3. The summed E-state index contributed by atoms with van der Waals surface area (Å²) >= 11 is 0. The van der Waals surface area contributed by atoms with Crippen LogP contribution in [0.4, 0.5) is 0 Å². The van der Waals surface area contributed by atoms with Gasteiger partial charge in [-0.15, -0.1) is 5.92 Å². The van der Waals surface area contributed by atoms with Crippen LogP contribution < -0.4 is 10.6 Å². The average Bonchev–Trinajstić information content (AvgIpc) is 2.91. The van der Waals surface area contributed by atoms with Crippen LogP contribution in [0.1, 0.15) is 90.9 Å². The molecule has 10 atom stereocenters. The van der Waals surface area contributed by atoms with Crippen molar-refractivity contribution in [1.29, 1.82) is 0 Å². The summed E-state index contributed by atoms with van der Waals surface area (Å²) in [4.78, 5) is 14.0. The predicted octanol–water partition coefficient (Wildman–Crippen LogP) is 1.47. The number of nitrogens with zero attached hydrogens (tertiary/aromatic N) is 1. The second-order valence-electron chi connectivity index (χ2n) is 13.7. The zero-order valence-electron chi connectivity index (χ0n) is 24.5. The molecule has 4 aliphatic heterocycles. The number of hydrogen-bond acceptors (Lipinski definition) is 8. The minimum absolute atomic E-state index is 0.0621. The van der Waals surface area contributed by atoms with Crippen LogP contribution in [-0.2, 0) is 4.79 Å². The number of piperidine rings is 3. The molecule has 0 aromatic carbocycles. The fourth-order valence-corrected chi connectivity index (χ4v) is 7.75. The molecule has 9 nitrogen and oxygen atoms in total. The maximum absolute atomic E-state index is 11.6. The quantitative estimate of drug-likeness (QED) is 0.239. The molecule has 228 valence electrons. The van der Waals surface area contributed by atoms with E-state index >= 15 is 0 Å². The Labute approximate surface area is 240 Å². The van der Waals surface area contributed by atoms with Gasteiger partial charge in [-0.05, 0) is 103 Å². The molecular formula is C31H53N3O6. The van der Waals surface area contributed by atoms with Crippen molar-refractivity contribution >= 4 is 5.97 Å². The fourth-order valence-electron chi connectivity index (χ4n) is 7.75. The van der Waals surface area contributed by atoms with Crippen LogP contribution in [0, 0.1) is 29.6 Å². The number of aliphatic carboxylic acids is 1. The van der Waals surface area contributed by atoms with Gasteiger partial charge in [-0.25, -0.2) is 0 Å². The van der Waals surface area contributed by atoms with Gasteiger partial charge >= 0.3 is 5.97 Å². The molecule has 7 N–H and O–H groups in total. The molecule has 2 bridgehead atoms. The second-order valence-corrected chi connectivity index (χ2v) is 13.7. The molecule has 0 aromatic heterocycles. The first kappa shape index (κ1) is 31.7. The number of rotatable bonds is 6. The standard InChI is InChI=1S/C31H53N3O6/c1-21-27(36)7-6-26-16-24(9-13-34(21)26)28(37)15-22-4-3-5-25-17-30(2,11-12-32-25)33-20-31(40,18-29(38)39)10-8-23(14-22)19-35/h21-28,32-33,35-37,40H,5-20H2,1-2H3,(H,38,39)/t21-,22-,23-,24-,25+,26-,27+,28+,30-,31+/m0/s1. The molecule has 40 heavy (non-hydrogen) atoms. The molecule has 0 aromatic rings. The molecule has 0 radical (unpaired) electrons. The number of aliphatic hydroxyl groups is 4. The summed E-state index contributed by atoms with van der Waals surface area (Å²) in [5.74, 6) is 5.83. The molecular weight excluding hydrogens is 510 g/mol. The van der Waals surface area contributed by atoms with E-state index < -0.39 is 17.7 Å². The highest BCUT2D eigenvalue weighted by atomic mass is 16.4. The third-order valence-electron chi connectivity index (χ3n) is 10.4. The number of fused-ring (bicyclic) bond motifs is 3.